The first-order valence-corrected chi connectivity index (χ1v) is 1.92. The molecule has 1 aliphatic rings. The van der Waals surface area contributed by atoms with Crippen molar-refractivity contribution in [3.05, 3.63) is 0 Å². The van der Waals surface area contributed by atoms with Crippen LogP contribution in [0.25, 0.3) is 0 Å². The summed E-state index contributed by atoms with van der Waals surface area (Å²) in [5.41, 5.74) is 0. The second-order valence-electron chi connectivity index (χ2n) is 1.19. The number of hydroxylamine groups is 2. The Kier molecular flexibility index (Phi) is 1.05. The minimum atomic E-state index is 0.194. The third-order valence-corrected chi connectivity index (χ3v) is 0.661. The Balaban J connectivity index is 1.88. The van der Waals surface area contributed by atoms with Crippen molar-refractivity contribution in [1.29, 1.82) is 0 Å². The van der Waals surface area contributed by atoms with Crippen LogP contribution >= 0.6 is 0 Å². The summed E-state index contributed by atoms with van der Waals surface area (Å²) < 4.78 is 0. The zero-order valence-corrected chi connectivity index (χ0v) is 3.42. The van der Waals surface area contributed by atoms with Crippen LogP contribution in [0.3, 0.4) is 0 Å². The Morgan fingerprint density at radius 1 is 1.83 bits per heavy atom. The van der Waals surface area contributed by atoms with E-state index in [9.17, 15) is 0 Å². The third-order valence-electron chi connectivity index (χ3n) is 0.661. The van der Waals surface area contributed by atoms with Crippen molar-refractivity contribution in [3.63, 3.8) is 0 Å². The molecule has 0 radical (unpaired) electrons. The fourth-order valence-electron chi connectivity index (χ4n) is 0.281. The molecule has 1 N–H and O–H groups in total. The highest BCUT2D eigenvalue weighted by atomic mass is 16.8. The van der Waals surface area contributed by atoms with Crippen LogP contribution in [-0.2, 0) is 4.84 Å². The first-order chi connectivity index (χ1) is 2.93. The average molecular weight is 89.1 g/mol. The molecule has 1 saturated heterocycles. The van der Waals surface area contributed by atoms with E-state index in [4.69, 9.17) is 5.11 Å². The standard InChI is InChI=1S/C3H7NO2/c5-2-1-4-3-6-4/h5H,1-3H2. The summed E-state index contributed by atoms with van der Waals surface area (Å²) in [6, 6.07) is 0. The number of aliphatic hydroxyl groups excluding tert-OH is 1. The fraction of sp³-hybridized carbons (Fsp3) is 1.00. The molecule has 3 heteroatoms. The van der Waals surface area contributed by atoms with Crippen LogP contribution in [0.4, 0.5) is 0 Å². The van der Waals surface area contributed by atoms with Crippen LogP contribution in [-0.4, -0.2) is 30.1 Å². The molecule has 0 bridgehead atoms. The lowest BCUT2D eigenvalue weighted by Gasteiger charge is -1.84. The van der Waals surface area contributed by atoms with Gasteiger partial charge in [0.2, 0.25) is 0 Å². The molecule has 1 rings (SSSR count). The van der Waals surface area contributed by atoms with Gasteiger partial charge in [-0.05, 0) is 0 Å². The number of β-amino-alcohol motifs (C(OH)–C–C–N with tert-alkyl or cyclic N) is 1. The molecular formula is C3H7NO2. The third kappa shape index (κ3) is 0.931. The number of rotatable bonds is 2. The van der Waals surface area contributed by atoms with Gasteiger partial charge >= 0.3 is 0 Å². The molecule has 0 amide bonds. The highest BCUT2D eigenvalue weighted by molar-refractivity contribution is 4.42. The Bertz CT molecular complexity index is 44.1. The van der Waals surface area contributed by atoms with Gasteiger partial charge in [0.15, 0.2) is 0 Å². The minimum Gasteiger partial charge on any atom is -0.395 e. The summed E-state index contributed by atoms with van der Waals surface area (Å²) >= 11 is 0. The topological polar surface area (TPSA) is 35.8 Å². The van der Waals surface area contributed by atoms with Crippen LogP contribution in [0.15, 0.2) is 0 Å². The van der Waals surface area contributed by atoms with Crippen molar-refractivity contribution < 1.29 is 9.94 Å². The number of hydrogen-bond donors (Lipinski definition) is 1. The van der Waals surface area contributed by atoms with Gasteiger partial charge in [-0.25, -0.2) is 0 Å². The summed E-state index contributed by atoms with van der Waals surface area (Å²) in [5.74, 6) is 0. The second kappa shape index (κ2) is 1.55. The monoisotopic (exact) mass is 89.0 g/mol. The molecule has 0 aromatic heterocycles. The zero-order valence-electron chi connectivity index (χ0n) is 3.42. The van der Waals surface area contributed by atoms with Gasteiger partial charge in [0.1, 0.15) is 6.73 Å². The maximum absolute atomic E-state index is 8.16. The lowest BCUT2D eigenvalue weighted by molar-refractivity contribution is 0.159. The summed E-state index contributed by atoms with van der Waals surface area (Å²) in [7, 11) is 0. The average Bonchev–Trinajstić information content (AvgIpc) is 2.21. The van der Waals surface area contributed by atoms with Gasteiger partial charge in [0.05, 0.1) is 13.2 Å². The molecule has 0 saturated carbocycles. The first kappa shape index (κ1) is 4.05. The van der Waals surface area contributed by atoms with E-state index in [1.165, 1.54) is 0 Å². The molecule has 6 heavy (non-hydrogen) atoms. The maximum Gasteiger partial charge on any atom is 0.144 e. The Hall–Kier alpha value is -0.120. The smallest absolute Gasteiger partial charge is 0.144 e. The fourth-order valence-corrected chi connectivity index (χ4v) is 0.281. The molecule has 1 aliphatic heterocycles. The van der Waals surface area contributed by atoms with E-state index in [1.807, 2.05) is 0 Å². The van der Waals surface area contributed by atoms with Crippen molar-refractivity contribution in [2.24, 2.45) is 0 Å². The van der Waals surface area contributed by atoms with Gasteiger partial charge < -0.3 is 5.11 Å². The highest BCUT2D eigenvalue weighted by Crippen LogP contribution is 2.02. The van der Waals surface area contributed by atoms with Crippen molar-refractivity contribution in [1.82, 2.24) is 5.06 Å². The molecule has 1 atom stereocenters. The molecule has 0 aromatic rings. The van der Waals surface area contributed by atoms with E-state index in [1.54, 1.807) is 5.06 Å². The SMILES string of the molecule is OCCN1CO1. The molecule has 0 aliphatic carbocycles. The van der Waals surface area contributed by atoms with Crippen molar-refractivity contribution in [3.8, 4) is 0 Å². The van der Waals surface area contributed by atoms with Crippen molar-refractivity contribution in [2.45, 2.75) is 0 Å². The minimum absolute atomic E-state index is 0.194. The number of hydrogen-bond acceptors (Lipinski definition) is 3. The van der Waals surface area contributed by atoms with E-state index in [0.717, 1.165) is 0 Å². The van der Waals surface area contributed by atoms with Crippen LogP contribution in [0.2, 0.25) is 0 Å². The predicted molar refractivity (Wildman–Crippen MR) is 19.7 cm³/mol. The maximum atomic E-state index is 8.16. The second-order valence-corrected chi connectivity index (χ2v) is 1.19. The zero-order chi connectivity index (χ0) is 4.41. The molecule has 0 spiro atoms. The molecule has 3 nitrogen and oxygen atoms in total. The summed E-state index contributed by atoms with van der Waals surface area (Å²) in [6.07, 6.45) is 0. The van der Waals surface area contributed by atoms with E-state index < -0.39 is 0 Å². The summed E-state index contributed by atoms with van der Waals surface area (Å²) in [5, 5.41) is 9.84. The normalized spacial score (nSPS) is 30.5. The largest absolute Gasteiger partial charge is 0.395 e. The Morgan fingerprint density at radius 3 is 2.67 bits per heavy atom. The van der Waals surface area contributed by atoms with Crippen molar-refractivity contribution >= 4 is 0 Å². The molecule has 0 aromatic carbocycles. The van der Waals surface area contributed by atoms with E-state index in [0.29, 0.717) is 13.3 Å². The number of nitrogens with zero attached hydrogens (tertiary/aromatic N) is 1. The molecule has 1 unspecified atom stereocenters. The summed E-state index contributed by atoms with van der Waals surface area (Å²) in [6.45, 7) is 1.54. The van der Waals surface area contributed by atoms with Crippen molar-refractivity contribution in [2.75, 3.05) is 19.9 Å². The van der Waals surface area contributed by atoms with Gasteiger partial charge in [0, 0.05) is 0 Å². The first-order valence-electron chi connectivity index (χ1n) is 1.92. The van der Waals surface area contributed by atoms with Crippen LogP contribution < -0.4 is 0 Å². The quantitative estimate of drug-likeness (QED) is 0.449. The van der Waals surface area contributed by atoms with Gasteiger partial charge in [-0.3, -0.25) is 4.84 Å². The van der Waals surface area contributed by atoms with Crippen LogP contribution in [0.1, 0.15) is 0 Å². The van der Waals surface area contributed by atoms with E-state index in [-0.39, 0.29) is 6.61 Å². The Morgan fingerprint density at radius 2 is 2.50 bits per heavy atom. The van der Waals surface area contributed by atoms with Crippen LogP contribution in [0.5, 0.6) is 0 Å². The van der Waals surface area contributed by atoms with E-state index >= 15 is 0 Å². The lowest BCUT2D eigenvalue weighted by Crippen LogP contribution is -2.01. The van der Waals surface area contributed by atoms with Crippen LogP contribution in [0, 0.1) is 0 Å². The van der Waals surface area contributed by atoms with Gasteiger partial charge in [-0.1, -0.05) is 0 Å². The van der Waals surface area contributed by atoms with E-state index in [2.05, 4.69) is 4.84 Å². The van der Waals surface area contributed by atoms with Gasteiger partial charge in [-0.2, -0.15) is 5.06 Å². The molecular weight excluding hydrogens is 82.0 g/mol. The lowest BCUT2D eigenvalue weighted by atomic mass is 10.7. The predicted octanol–water partition coefficient (Wildman–Crippen LogP) is -0.817. The van der Waals surface area contributed by atoms with Gasteiger partial charge in [-0.15, -0.1) is 0 Å². The Labute approximate surface area is 36.1 Å². The molecule has 36 valence electrons. The molecule has 1 fully saturated rings. The van der Waals surface area contributed by atoms with Gasteiger partial charge in [0.25, 0.3) is 0 Å². The summed E-state index contributed by atoms with van der Waals surface area (Å²) in [4.78, 5) is 4.62. The number of aliphatic hydroxyl groups is 1. The molecule has 1 heterocycles. The highest BCUT2D eigenvalue weighted by Gasteiger charge is 2.16.